The van der Waals surface area contributed by atoms with Gasteiger partial charge in [0.15, 0.2) is 0 Å². The molecule has 5 N–H and O–H groups in total. The van der Waals surface area contributed by atoms with Gasteiger partial charge in [-0.25, -0.2) is 4.79 Å². The van der Waals surface area contributed by atoms with Crippen LogP contribution in [0.4, 0.5) is 0 Å². The summed E-state index contributed by atoms with van der Waals surface area (Å²) >= 11 is 11.6. The van der Waals surface area contributed by atoms with Crippen LogP contribution in [0.25, 0.3) is 0 Å². The summed E-state index contributed by atoms with van der Waals surface area (Å²) in [6.07, 6.45) is 0. The quantitative estimate of drug-likeness (QED) is 0.264. The van der Waals surface area contributed by atoms with E-state index in [4.69, 9.17) is 10.8 Å². The van der Waals surface area contributed by atoms with Gasteiger partial charge in [0.1, 0.15) is 12.1 Å². The molecule has 0 spiro atoms. The Labute approximate surface area is 127 Å². The van der Waals surface area contributed by atoms with Crippen molar-refractivity contribution < 1.29 is 19.5 Å². The Balaban J connectivity index is 4.56. The maximum absolute atomic E-state index is 11.8. The van der Waals surface area contributed by atoms with Crippen LogP contribution in [0.5, 0.6) is 0 Å². The van der Waals surface area contributed by atoms with Crippen molar-refractivity contribution in [1.29, 1.82) is 0 Å². The molecule has 0 aromatic rings. The highest BCUT2D eigenvalue weighted by Gasteiger charge is 2.26. The number of carbonyl (C=O) groups is 3. The SMILES string of the molecule is NC(CS)C(=O)NC(CS)C(=O)NC(CS)C(=O)O. The Morgan fingerprint density at radius 3 is 1.79 bits per heavy atom. The van der Waals surface area contributed by atoms with E-state index in [-0.39, 0.29) is 17.3 Å². The van der Waals surface area contributed by atoms with Crippen LogP contribution in [0.2, 0.25) is 0 Å². The largest absolute Gasteiger partial charge is 0.480 e. The minimum atomic E-state index is -1.21. The Bertz CT molecular complexity index is 343. The minimum Gasteiger partial charge on any atom is -0.480 e. The van der Waals surface area contributed by atoms with Gasteiger partial charge in [-0.05, 0) is 0 Å². The van der Waals surface area contributed by atoms with Crippen molar-refractivity contribution in [2.45, 2.75) is 18.1 Å². The topological polar surface area (TPSA) is 122 Å². The number of nitrogens with one attached hydrogen (secondary N) is 2. The number of carbonyl (C=O) groups excluding carboxylic acids is 2. The van der Waals surface area contributed by atoms with Crippen molar-refractivity contribution in [2.75, 3.05) is 17.3 Å². The first kappa shape index (κ1) is 18.4. The summed E-state index contributed by atoms with van der Waals surface area (Å²) in [4.78, 5) is 34.0. The van der Waals surface area contributed by atoms with Gasteiger partial charge >= 0.3 is 5.97 Å². The summed E-state index contributed by atoms with van der Waals surface area (Å²) in [6.45, 7) is 0. The van der Waals surface area contributed by atoms with E-state index in [1.807, 2.05) is 0 Å². The normalized spacial score (nSPS) is 15.2. The molecule has 0 aliphatic rings. The average molecular weight is 327 g/mol. The number of hydrogen-bond donors (Lipinski definition) is 7. The predicted molar refractivity (Wildman–Crippen MR) is 81.0 cm³/mol. The minimum absolute atomic E-state index is 0.00970. The van der Waals surface area contributed by atoms with E-state index in [1.165, 1.54) is 0 Å². The highest BCUT2D eigenvalue weighted by atomic mass is 32.1. The zero-order valence-electron chi connectivity index (χ0n) is 9.94. The summed E-state index contributed by atoms with van der Waals surface area (Å²) in [5.41, 5.74) is 5.44. The molecule has 0 saturated heterocycles. The first-order chi connectivity index (χ1) is 8.87. The second kappa shape index (κ2) is 9.34. The number of hydrogen-bond acceptors (Lipinski definition) is 7. The monoisotopic (exact) mass is 327 g/mol. The van der Waals surface area contributed by atoms with Gasteiger partial charge in [0.25, 0.3) is 0 Å². The molecule has 19 heavy (non-hydrogen) atoms. The number of aliphatic carboxylic acids is 1. The maximum atomic E-state index is 11.8. The summed E-state index contributed by atoms with van der Waals surface area (Å²) < 4.78 is 0. The average Bonchev–Trinajstić information content (AvgIpc) is 2.39. The molecule has 3 atom stereocenters. The van der Waals surface area contributed by atoms with Crippen LogP contribution >= 0.6 is 37.9 Å². The molecule has 0 heterocycles. The fraction of sp³-hybridized carbons (Fsp3) is 0.667. The molecule has 0 rings (SSSR count). The van der Waals surface area contributed by atoms with Gasteiger partial charge in [0.05, 0.1) is 6.04 Å². The molecule has 0 fully saturated rings. The third kappa shape index (κ3) is 6.41. The molecule has 0 radical (unpaired) electrons. The molecule has 0 bridgehead atoms. The first-order valence-electron chi connectivity index (χ1n) is 5.29. The van der Waals surface area contributed by atoms with Crippen molar-refractivity contribution in [3.8, 4) is 0 Å². The number of amides is 2. The molecular weight excluding hydrogens is 310 g/mol. The van der Waals surface area contributed by atoms with Crippen LogP contribution in [-0.2, 0) is 14.4 Å². The van der Waals surface area contributed by atoms with Gasteiger partial charge in [-0.15, -0.1) is 0 Å². The molecule has 0 aliphatic carbocycles. The van der Waals surface area contributed by atoms with E-state index in [2.05, 4.69) is 48.5 Å². The van der Waals surface area contributed by atoms with Crippen LogP contribution in [-0.4, -0.2) is 58.3 Å². The Morgan fingerprint density at radius 1 is 0.947 bits per heavy atom. The van der Waals surface area contributed by atoms with Gasteiger partial charge in [-0.1, -0.05) is 0 Å². The molecule has 2 amide bonds. The first-order valence-corrected chi connectivity index (χ1v) is 7.18. The van der Waals surface area contributed by atoms with E-state index in [9.17, 15) is 14.4 Å². The van der Waals surface area contributed by atoms with Gasteiger partial charge < -0.3 is 21.5 Å². The number of carboxylic acids is 1. The molecule has 110 valence electrons. The standard InChI is InChI=1S/C9H17N3O4S3/c10-4(1-17)7(13)11-5(2-18)8(14)12-6(3-19)9(15)16/h4-6,17-19H,1-3,10H2,(H,11,13)(H,12,14)(H,15,16). The molecule has 0 aliphatic heterocycles. The van der Waals surface area contributed by atoms with E-state index in [0.717, 1.165) is 0 Å². The summed E-state index contributed by atoms with van der Waals surface area (Å²) in [6, 6.07) is -2.95. The maximum Gasteiger partial charge on any atom is 0.327 e. The van der Waals surface area contributed by atoms with Crippen molar-refractivity contribution in [3.05, 3.63) is 0 Å². The molecule has 3 unspecified atom stereocenters. The van der Waals surface area contributed by atoms with Crippen molar-refractivity contribution in [1.82, 2.24) is 10.6 Å². The van der Waals surface area contributed by atoms with Crippen LogP contribution in [0, 0.1) is 0 Å². The summed E-state index contributed by atoms with van der Waals surface area (Å²) in [5, 5.41) is 13.4. The van der Waals surface area contributed by atoms with Gasteiger partial charge in [-0.3, -0.25) is 9.59 Å². The summed E-state index contributed by atoms with van der Waals surface area (Å²) in [5.74, 6) is -2.35. The molecule has 10 heteroatoms. The van der Waals surface area contributed by atoms with Crippen LogP contribution in [0.3, 0.4) is 0 Å². The van der Waals surface area contributed by atoms with Crippen molar-refractivity contribution >= 4 is 55.7 Å². The zero-order valence-corrected chi connectivity index (χ0v) is 12.6. The molecular formula is C9H17N3O4S3. The lowest BCUT2D eigenvalue weighted by molar-refractivity contribution is -0.141. The Morgan fingerprint density at radius 2 is 1.42 bits per heavy atom. The van der Waals surface area contributed by atoms with E-state index < -0.39 is 35.9 Å². The van der Waals surface area contributed by atoms with E-state index >= 15 is 0 Å². The highest BCUT2D eigenvalue weighted by molar-refractivity contribution is 7.80. The smallest absolute Gasteiger partial charge is 0.327 e. The van der Waals surface area contributed by atoms with Gasteiger partial charge in [0.2, 0.25) is 11.8 Å². The predicted octanol–water partition coefficient (Wildman–Crippen LogP) is -1.84. The second-order valence-corrected chi connectivity index (χ2v) is 4.71. The van der Waals surface area contributed by atoms with Crippen molar-refractivity contribution in [2.24, 2.45) is 5.73 Å². The Hall–Kier alpha value is -0.580. The lowest BCUT2D eigenvalue weighted by Gasteiger charge is -2.20. The second-order valence-electron chi connectivity index (χ2n) is 3.61. The molecule has 0 aromatic heterocycles. The number of rotatable bonds is 8. The van der Waals surface area contributed by atoms with Crippen molar-refractivity contribution in [3.63, 3.8) is 0 Å². The van der Waals surface area contributed by atoms with Gasteiger partial charge in [0, 0.05) is 17.3 Å². The van der Waals surface area contributed by atoms with Crippen LogP contribution in [0.15, 0.2) is 0 Å². The number of thiol groups is 3. The molecule has 0 aromatic carbocycles. The van der Waals surface area contributed by atoms with Crippen LogP contribution in [0.1, 0.15) is 0 Å². The third-order valence-electron chi connectivity index (χ3n) is 2.15. The van der Waals surface area contributed by atoms with E-state index in [1.54, 1.807) is 0 Å². The highest BCUT2D eigenvalue weighted by Crippen LogP contribution is 1.95. The lowest BCUT2D eigenvalue weighted by Crippen LogP contribution is -2.55. The lowest BCUT2D eigenvalue weighted by atomic mass is 10.2. The fourth-order valence-electron chi connectivity index (χ4n) is 1.01. The molecule has 7 nitrogen and oxygen atoms in total. The number of carboxylic acid groups (broad SMARTS) is 1. The van der Waals surface area contributed by atoms with Crippen LogP contribution < -0.4 is 16.4 Å². The fourth-order valence-corrected chi connectivity index (χ4v) is 1.68. The zero-order chi connectivity index (χ0) is 15.0. The summed E-state index contributed by atoms with van der Waals surface area (Å²) in [7, 11) is 0. The van der Waals surface area contributed by atoms with E-state index in [0.29, 0.717) is 0 Å². The third-order valence-corrected chi connectivity index (χ3v) is 3.27. The number of nitrogens with two attached hydrogens (primary N) is 1. The Kier molecular flexibility index (Phi) is 9.06. The molecule has 0 saturated carbocycles. The van der Waals surface area contributed by atoms with Gasteiger partial charge in [-0.2, -0.15) is 37.9 Å².